The summed E-state index contributed by atoms with van der Waals surface area (Å²) in [7, 11) is -3.74. The maximum absolute atomic E-state index is 13.3. The molecule has 1 aromatic carbocycles. The zero-order chi connectivity index (χ0) is 21.0. The predicted molar refractivity (Wildman–Crippen MR) is 114 cm³/mol. The van der Waals surface area contributed by atoms with Crippen LogP contribution in [-0.2, 0) is 14.8 Å². The summed E-state index contributed by atoms with van der Waals surface area (Å²) < 4.78 is 42.5. The van der Waals surface area contributed by atoms with Crippen LogP contribution in [0.4, 0.5) is 4.39 Å². The second kappa shape index (κ2) is 7.55. The Morgan fingerprint density at radius 2 is 1.80 bits per heavy atom. The molecule has 0 spiro atoms. The Kier molecular flexibility index (Phi) is 5.25. The molecule has 1 aliphatic heterocycles. The fraction of sp³-hybridized carbons (Fsp3) is 0.667. The summed E-state index contributed by atoms with van der Waals surface area (Å²) in [5.41, 5.74) is -0.717. The van der Waals surface area contributed by atoms with Gasteiger partial charge in [-0.2, -0.15) is 0 Å². The van der Waals surface area contributed by atoms with Crippen LogP contribution in [0, 0.1) is 17.7 Å². The number of carbonyl (C=O) groups is 1. The molecule has 0 radical (unpaired) electrons. The quantitative estimate of drug-likeness (QED) is 0.617. The number of carbonyl (C=O) groups excluding carboxylic acids is 1. The van der Waals surface area contributed by atoms with E-state index >= 15 is 0 Å². The summed E-state index contributed by atoms with van der Waals surface area (Å²) in [5.74, 6) is 2.34. The Labute approximate surface area is 181 Å². The lowest BCUT2D eigenvalue weighted by Crippen LogP contribution is -2.71. The molecule has 9 heteroatoms. The molecule has 6 rings (SSSR count). The molecule has 4 bridgehead atoms. The lowest BCUT2D eigenvalue weighted by molar-refractivity contribution is -0.116. The van der Waals surface area contributed by atoms with Gasteiger partial charge in [-0.05, 0) is 74.6 Å². The molecule has 1 saturated heterocycles. The third kappa shape index (κ3) is 3.83. The Morgan fingerprint density at radius 1 is 1.13 bits per heavy atom. The van der Waals surface area contributed by atoms with Crippen LogP contribution in [0.1, 0.15) is 38.5 Å². The smallest absolute Gasteiger partial charge is 0.241 e. The monoisotopic (exact) mass is 453 g/mol. The molecule has 3 unspecified atom stereocenters. The van der Waals surface area contributed by atoms with E-state index in [1.807, 2.05) is 11.8 Å². The second-order valence-corrected chi connectivity index (χ2v) is 12.4. The van der Waals surface area contributed by atoms with Crippen LogP contribution in [0.25, 0.3) is 0 Å². The molecule has 3 atom stereocenters. The zero-order valence-corrected chi connectivity index (χ0v) is 18.5. The normalized spacial score (nSPS) is 36.8. The second-order valence-electron chi connectivity index (χ2n) is 9.66. The highest BCUT2D eigenvalue weighted by Crippen LogP contribution is 2.58. The van der Waals surface area contributed by atoms with Gasteiger partial charge < -0.3 is 4.79 Å². The molecule has 2 N–H and O–H groups in total. The number of aldehydes is 1. The third-order valence-corrected chi connectivity index (χ3v) is 9.87. The summed E-state index contributed by atoms with van der Waals surface area (Å²) in [6, 6.07) is 5.00. The minimum absolute atomic E-state index is 0.0986. The molecule has 4 saturated carbocycles. The number of benzene rings is 1. The lowest BCUT2D eigenvalue weighted by Gasteiger charge is -2.62. The van der Waals surface area contributed by atoms with E-state index in [1.54, 1.807) is 0 Å². The lowest BCUT2D eigenvalue weighted by atomic mass is 9.50. The van der Waals surface area contributed by atoms with E-state index in [9.17, 15) is 17.6 Å². The number of halogens is 1. The van der Waals surface area contributed by atoms with Gasteiger partial charge in [0, 0.05) is 29.3 Å². The molecule has 0 amide bonds. The molecule has 5 fully saturated rings. The summed E-state index contributed by atoms with van der Waals surface area (Å²) in [6.45, 7) is 0.895. The van der Waals surface area contributed by atoms with Crippen LogP contribution in [0.5, 0.6) is 0 Å². The number of nitrogens with zero attached hydrogens (tertiary/aromatic N) is 1. The van der Waals surface area contributed by atoms with Crippen molar-refractivity contribution >= 4 is 28.1 Å². The summed E-state index contributed by atoms with van der Waals surface area (Å²) in [6.07, 6.45) is 6.16. The fourth-order valence-corrected chi connectivity index (χ4v) is 9.12. The first-order chi connectivity index (χ1) is 14.3. The molecule has 30 heavy (non-hydrogen) atoms. The van der Waals surface area contributed by atoms with E-state index in [0.29, 0.717) is 18.3 Å². The maximum atomic E-state index is 13.3. The SMILES string of the molecule is O=CC(NC12CC3CC(C1)CC(NS(=O)(=O)c1ccc(F)cc1)(C3)C2)N1CCSC1. The minimum Gasteiger partial charge on any atom is -0.300 e. The number of hydrogen-bond acceptors (Lipinski definition) is 6. The maximum Gasteiger partial charge on any atom is 0.241 e. The van der Waals surface area contributed by atoms with Gasteiger partial charge >= 0.3 is 0 Å². The average molecular weight is 454 g/mol. The molecule has 164 valence electrons. The van der Waals surface area contributed by atoms with Crippen molar-refractivity contribution in [2.75, 3.05) is 18.2 Å². The Hall–Kier alpha value is -1.00. The highest BCUT2D eigenvalue weighted by molar-refractivity contribution is 7.99. The van der Waals surface area contributed by atoms with Crippen LogP contribution in [0.3, 0.4) is 0 Å². The zero-order valence-electron chi connectivity index (χ0n) is 16.8. The van der Waals surface area contributed by atoms with Gasteiger partial charge in [-0.15, -0.1) is 11.8 Å². The number of hydrogen-bond donors (Lipinski definition) is 2. The molecule has 1 aromatic rings. The predicted octanol–water partition coefficient (Wildman–Crippen LogP) is 2.32. The van der Waals surface area contributed by atoms with E-state index < -0.39 is 21.4 Å². The fourth-order valence-electron chi connectivity index (χ4n) is 6.68. The van der Waals surface area contributed by atoms with Gasteiger partial charge in [0.25, 0.3) is 0 Å². The van der Waals surface area contributed by atoms with Crippen molar-refractivity contribution < 1.29 is 17.6 Å². The van der Waals surface area contributed by atoms with Crippen molar-refractivity contribution in [3.63, 3.8) is 0 Å². The Bertz CT molecular complexity index is 904. The van der Waals surface area contributed by atoms with Crippen molar-refractivity contribution in [2.24, 2.45) is 11.8 Å². The van der Waals surface area contributed by atoms with Crippen LogP contribution in [-0.4, -0.2) is 55.0 Å². The van der Waals surface area contributed by atoms with E-state index in [4.69, 9.17) is 0 Å². The minimum atomic E-state index is -3.74. The number of rotatable bonds is 7. The van der Waals surface area contributed by atoms with E-state index in [1.165, 1.54) is 24.3 Å². The summed E-state index contributed by atoms with van der Waals surface area (Å²) in [5, 5.41) is 3.67. The van der Waals surface area contributed by atoms with Crippen LogP contribution in [0.15, 0.2) is 29.2 Å². The molecule has 0 aromatic heterocycles. The molecule has 1 heterocycles. The van der Waals surface area contributed by atoms with Gasteiger partial charge in [0.1, 0.15) is 12.0 Å². The van der Waals surface area contributed by atoms with Crippen LogP contribution in [0.2, 0.25) is 0 Å². The van der Waals surface area contributed by atoms with E-state index in [-0.39, 0.29) is 16.6 Å². The molecule has 6 nitrogen and oxygen atoms in total. The van der Waals surface area contributed by atoms with Crippen molar-refractivity contribution in [3.8, 4) is 0 Å². The highest BCUT2D eigenvalue weighted by atomic mass is 32.2. The molecule has 4 aliphatic carbocycles. The average Bonchev–Trinajstić information content (AvgIpc) is 3.19. The third-order valence-electron chi connectivity index (χ3n) is 7.29. The highest BCUT2D eigenvalue weighted by Gasteiger charge is 2.59. The first kappa shape index (κ1) is 20.9. The van der Waals surface area contributed by atoms with Crippen LogP contribution < -0.4 is 10.0 Å². The van der Waals surface area contributed by atoms with Gasteiger partial charge in [-0.25, -0.2) is 17.5 Å². The van der Waals surface area contributed by atoms with Crippen LogP contribution >= 0.6 is 11.8 Å². The van der Waals surface area contributed by atoms with E-state index in [2.05, 4.69) is 14.9 Å². The molecular formula is C21H28FN3O3S2. The Morgan fingerprint density at radius 3 is 2.40 bits per heavy atom. The molecular weight excluding hydrogens is 425 g/mol. The number of thioether (sulfide) groups is 1. The number of nitrogens with one attached hydrogen (secondary N) is 2. The van der Waals surface area contributed by atoms with Crippen molar-refractivity contribution in [1.82, 2.24) is 14.9 Å². The number of sulfonamides is 1. The standard InChI is InChI=1S/C21H28FN3O3S2/c22-17-1-3-18(4-2-17)30(27,28)24-21-10-15-7-16(11-21)9-20(8-15,13-21)23-19(12-26)25-5-6-29-14-25/h1-4,12,15-16,19,23-24H,5-11,13-14H2. The summed E-state index contributed by atoms with van der Waals surface area (Å²) >= 11 is 1.83. The van der Waals surface area contributed by atoms with Gasteiger partial charge in [0.2, 0.25) is 10.0 Å². The first-order valence-electron chi connectivity index (χ1n) is 10.6. The molecule has 5 aliphatic rings. The van der Waals surface area contributed by atoms with Crippen molar-refractivity contribution in [2.45, 2.75) is 60.7 Å². The van der Waals surface area contributed by atoms with E-state index in [0.717, 1.165) is 56.6 Å². The summed E-state index contributed by atoms with van der Waals surface area (Å²) in [4.78, 5) is 14.2. The first-order valence-corrected chi connectivity index (χ1v) is 13.3. The van der Waals surface area contributed by atoms with Crippen molar-refractivity contribution in [3.05, 3.63) is 30.1 Å². The van der Waals surface area contributed by atoms with Gasteiger partial charge in [-0.3, -0.25) is 10.2 Å². The van der Waals surface area contributed by atoms with Gasteiger partial charge in [0.15, 0.2) is 6.29 Å². The van der Waals surface area contributed by atoms with Gasteiger partial charge in [-0.1, -0.05) is 0 Å². The largest absolute Gasteiger partial charge is 0.300 e. The van der Waals surface area contributed by atoms with Gasteiger partial charge in [0.05, 0.1) is 4.90 Å². The van der Waals surface area contributed by atoms with Crippen molar-refractivity contribution in [1.29, 1.82) is 0 Å². The Balaban J connectivity index is 1.39. The topological polar surface area (TPSA) is 78.5 Å².